The molecule has 34 heavy (non-hydrogen) atoms. The molecule has 4 aromatic rings. The minimum absolute atomic E-state index is 0.0987. The molecule has 1 N–H and O–H groups in total. The van der Waals surface area contributed by atoms with Crippen LogP contribution >= 0.6 is 0 Å². The first-order valence-electron chi connectivity index (χ1n) is 11.0. The average molecular weight is 455 g/mol. The Labute approximate surface area is 197 Å². The van der Waals surface area contributed by atoms with E-state index < -0.39 is 18.0 Å². The van der Waals surface area contributed by atoms with Crippen LogP contribution in [0.4, 0.5) is 5.69 Å². The van der Waals surface area contributed by atoms with Crippen molar-refractivity contribution in [1.29, 1.82) is 0 Å². The molecule has 0 fully saturated rings. The Balaban J connectivity index is 1.73. The van der Waals surface area contributed by atoms with Crippen LogP contribution in [0.3, 0.4) is 0 Å². The summed E-state index contributed by atoms with van der Waals surface area (Å²) in [5, 5.41) is 4.00. The summed E-state index contributed by atoms with van der Waals surface area (Å²) < 4.78 is 6.88. The lowest BCUT2D eigenvalue weighted by Crippen LogP contribution is -2.33. The Bertz CT molecular complexity index is 1430. The highest BCUT2D eigenvalue weighted by atomic mass is 16.5. The van der Waals surface area contributed by atoms with Gasteiger partial charge in [-0.05, 0) is 48.9 Å². The molecule has 0 aliphatic rings. The lowest BCUT2D eigenvalue weighted by atomic mass is 9.97. The monoisotopic (exact) mass is 454 g/mol. The molecule has 1 heterocycles. The summed E-state index contributed by atoms with van der Waals surface area (Å²) in [5.41, 5.74) is 3.67. The Morgan fingerprint density at radius 3 is 2.09 bits per heavy atom. The van der Waals surface area contributed by atoms with E-state index in [9.17, 15) is 14.4 Å². The van der Waals surface area contributed by atoms with Crippen LogP contribution < -0.4 is 10.9 Å². The molecule has 1 aromatic heterocycles. The molecule has 0 bridgehead atoms. The molecule has 0 spiro atoms. The molecule has 6 heteroatoms. The van der Waals surface area contributed by atoms with Crippen LogP contribution in [0.25, 0.3) is 21.9 Å². The number of ether oxygens (including phenoxy) is 1. The second-order valence-corrected chi connectivity index (χ2v) is 8.30. The molecular formula is C28H26N2O4. The normalized spacial score (nSPS) is 11.8. The third-order valence-electron chi connectivity index (χ3n) is 5.94. The van der Waals surface area contributed by atoms with Crippen molar-refractivity contribution >= 4 is 28.3 Å². The first kappa shape index (κ1) is 23.0. The van der Waals surface area contributed by atoms with Gasteiger partial charge in [0.15, 0.2) is 6.10 Å². The number of pyridine rings is 1. The predicted molar refractivity (Wildman–Crippen MR) is 134 cm³/mol. The molecule has 0 saturated heterocycles. The van der Waals surface area contributed by atoms with E-state index in [-0.39, 0.29) is 11.3 Å². The molecule has 172 valence electrons. The van der Waals surface area contributed by atoms with Crippen molar-refractivity contribution in [2.24, 2.45) is 7.05 Å². The summed E-state index contributed by atoms with van der Waals surface area (Å²) in [7, 11) is 1.54. The average Bonchev–Trinajstić information content (AvgIpc) is 2.83. The highest BCUT2D eigenvalue weighted by molar-refractivity contribution is 6.07. The number of aryl methyl sites for hydroxylation is 2. The number of aromatic nitrogens is 1. The molecule has 1 unspecified atom stereocenters. The third-order valence-corrected chi connectivity index (χ3v) is 5.94. The van der Waals surface area contributed by atoms with Gasteiger partial charge in [-0.15, -0.1) is 0 Å². The van der Waals surface area contributed by atoms with Gasteiger partial charge in [0.25, 0.3) is 11.5 Å². The van der Waals surface area contributed by atoms with E-state index in [0.717, 1.165) is 16.7 Å². The maximum Gasteiger partial charge on any atom is 0.356 e. The fourth-order valence-electron chi connectivity index (χ4n) is 4.11. The molecular weight excluding hydrogens is 428 g/mol. The van der Waals surface area contributed by atoms with Gasteiger partial charge in [0.2, 0.25) is 0 Å². The van der Waals surface area contributed by atoms with Gasteiger partial charge in [-0.1, -0.05) is 66.7 Å². The lowest BCUT2D eigenvalue weighted by molar-refractivity contribution is -0.123. The van der Waals surface area contributed by atoms with Gasteiger partial charge >= 0.3 is 5.97 Å². The van der Waals surface area contributed by atoms with E-state index in [1.165, 1.54) is 11.5 Å². The summed E-state index contributed by atoms with van der Waals surface area (Å²) in [6.07, 6.45) is -1.07. The van der Waals surface area contributed by atoms with Crippen LogP contribution in [0.1, 0.15) is 28.5 Å². The van der Waals surface area contributed by atoms with Crippen molar-refractivity contribution < 1.29 is 14.3 Å². The zero-order chi connectivity index (χ0) is 24.4. The standard InChI is InChI=1S/C28H26N2O4/c1-17-11-10-12-18(2)24(17)29-26(31)19(3)34-28(33)25-23(20-13-6-5-7-14-20)21-15-8-9-16-22(21)27(32)30(25)4/h5-16,19H,1-4H3,(H,29,31). The van der Waals surface area contributed by atoms with E-state index >= 15 is 0 Å². The number of nitrogens with zero attached hydrogens (tertiary/aromatic N) is 1. The Hall–Kier alpha value is -4.19. The summed E-state index contributed by atoms with van der Waals surface area (Å²) in [4.78, 5) is 39.3. The number of hydrogen-bond acceptors (Lipinski definition) is 4. The quantitative estimate of drug-likeness (QED) is 0.430. The summed E-state index contributed by atoms with van der Waals surface area (Å²) in [6, 6.07) is 22.2. The predicted octanol–water partition coefficient (Wildman–Crippen LogP) is 5.01. The fourth-order valence-corrected chi connectivity index (χ4v) is 4.11. The third kappa shape index (κ3) is 4.22. The van der Waals surface area contributed by atoms with Gasteiger partial charge in [0.1, 0.15) is 5.69 Å². The SMILES string of the molecule is Cc1cccc(C)c1NC(=O)C(C)OC(=O)c1c(-c2ccccc2)c2ccccc2c(=O)n1C. The minimum Gasteiger partial charge on any atom is -0.448 e. The van der Waals surface area contributed by atoms with Crippen LogP contribution in [0.2, 0.25) is 0 Å². The Kier molecular flexibility index (Phi) is 6.32. The van der Waals surface area contributed by atoms with Crippen molar-refractivity contribution in [2.45, 2.75) is 26.9 Å². The van der Waals surface area contributed by atoms with E-state index in [1.807, 2.05) is 74.5 Å². The van der Waals surface area contributed by atoms with Crippen LogP contribution in [-0.4, -0.2) is 22.5 Å². The molecule has 6 nitrogen and oxygen atoms in total. The topological polar surface area (TPSA) is 77.4 Å². The molecule has 0 aliphatic carbocycles. The number of fused-ring (bicyclic) bond motifs is 1. The van der Waals surface area contributed by atoms with E-state index in [0.29, 0.717) is 22.0 Å². The fraction of sp³-hybridized carbons (Fsp3) is 0.179. The largest absolute Gasteiger partial charge is 0.448 e. The highest BCUT2D eigenvalue weighted by Crippen LogP contribution is 2.31. The maximum absolute atomic E-state index is 13.4. The number of para-hydroxylation sites is 1. The number of esters is 1. The van der Waals surface area contributed by atoms with Crippen LogP contribution in [-0.2, 0) is 16.6 Å². The Morgan fingerprint density at radius 2 is 1.44 bits per heavy atom. The summed E-state index contributed by atoms with van der Waals surface area (Å²) in [5.74, 6) is -1.19. The molecule has 0 saturated carbocycles. The lowest BCUT2D eigenvalue weighted by Gasteiger charge is -2.19. The first-order valence-corrected chi connectivity index (χ1v) is 11.0. The second-order valence-electron chi connectivity index (χ2n) is 8.30. The van der Waals surface area contributed by atoms with Gasteiger partial charge in [0.05, 0.1) is 0 Å². The zero-order valence-corrected chi connectivity index (χ0v) is 19.6. The highest BCUT2D eigenvalue weighted by Gasteiger charge is 2.26. The van der Waals surface area contributed by atoms with Gasteiger partial charge in [-0.25, -0.2) is 4.79 Å². The number of carbonyl (C=O) groups is 2. The molecule has 3 aromatic carbocycles. The van der Waals surface area contributed by atoms with Crippen LogP contribution in [0.5, 0.6) is 0 Å². The first-order chi connectivity index (χ1) is 16.3. The maximum atomic E-state index is 13.4. The number of amides is 1. The summed E-state index contributed by atoms with van der Waals surface area (Å²) >= 11 is 0. The van der Waals surface area contributed by atoms with Gasteiger partial charge < -0.3 is 14.6 Å². The van der Waals surface area contributed by atoms with Crippen molar-refractivity contribution in [3.8, 4) is 11.1 Å². The summed E-state index contributed by atoms with van der Waals surface area (Å²) in [6.45, 7) is 5.31. The van der Waals surface area contributed by atoms with Crippen LogP contribution in [0, 0.1) is 13.8 Å². The van der Waals surface area contributed by atoms with E-state index in [4.69, 9.17) is 4.74 Å². The number of carbonyl (C=O) groups excluding carboxylic acids is 2. The second kappa shape index (κ2) is 9.35. The number of nitrogens with one attached hydrogen (secondary N) is 1. The number of benzene rings is 3. The zero-order valence-electron chi connectivity index (χ0n) is 19.6. The molecule has 1 atom stereocenters. The molecule has 1 amide bonds. The molecule has 0 aliphatic heterocycles. The van der Waals surface area contributed by atoms with Gasteiger partial charge in [-0.2, -0.15) is 0 Å². The van der Waals surface area contributed by atoms with Gasteiger partial charge in [-0.3, -0.25) is 9.59 Å². The minimum atomic E-state index is -1.07. The van der Waals surface area contributed by atoms with E-state index in [2.05, 4.69) is 5.32 Å². The van der Waals surface area contributed by atoms with Crippen molar-refractivity contribution in [1.82, 2.24) is 4.57 Å². The van der Waals surface area contributed by atoms with Crippen molar-refractivity contribution in [2.75, 3.05) is 5.32 Å². The van der Waals surface area contributed by atoms with Gasteiger partial charge in [0, 0.05) is 23.7 Å². The van der Waals surface area contributed by atoms with Crippen molar-refractivity contribution in [3.05, 3.63) is 100.0 Å². The van der Waals surface area contributed by atoms with Crippen molar-refractivity contribution in [3.63, 3.8) is 0 Å². The number of anilines is 1. The Morgan fingerprint density at radius 1 is 0.853 bits per heavy atom. The number of hydrogen-bond donors (Lipinski definition) is 1. The van der Waals surface area contributed by atoms with E-state index in [1.54, 1.807) is 19.2 Å². The molecule has 0 radical (unpaired) electrons. The number of rotatable bonds is 5. The molecule has 4 rings (SSSR count). The van der Waals surface area contributed by atoms with Crippen LogP contribution in [0.15, 0.2) is 77.6 Å². The smallest absolute Gasteiger partial charge is 0.356 e.